The molecule has 0 bridgehead atoms. The highest BCUT2D eigenvalue weighted by molar-refractivity contribution is 5.92. The molecule has 0 fully saturated rings. The molecule has 0 heterocycles. The molecule has 4 aromatic carbocycles. The van der Waals surface area contributed by atoms with E-state index in [1.807, 2.05) is 42.5 Å². The molecule has 0 unspecified atom stereocenters. The van der Waals surface area contributed by atoms with Crippen molar-refractivity contribution in [1.82, 2.24) is 5.43 Å². The van der Waals surface area contributed by atoms with E-state index in [9.17, 15) is 9.59 Å². The maximum absolute atomic E-state index is 12.5. The number of hydrogen-bond acceptors (Lipinski definition) is 7. The fraction of sp³-hybridized carbons (Fsp3) is 0.138. The molecule has 0 aromatic heterocycles. The summed E-state index contributed by atoms with van der Waals surface area (Å²) in [5, 5.41) is 6.12. The Balaban J connectivity index is 1.29. The SMILES string of the molecule is COc1ccc(C(=O)Oc2ccc(/C=N\NC(=O)[C@H](C)Oc3ccc4ccccc4c3)cc2)cc1OC. The zero-order chi connectivity index (χ0) is 26.2. The predicted molar refractivity (Wildman–Crippen MR) is 141 cm³/mol. The van der Waals surface area contributed by atoms with Crippen LogP contribution in [0.2, 0.25) is 0 Å². The average molecular weight is 499 g/mol. The van der Waals surface area contributed by atoms with Crippen molar-refractivity contribution in [3.63, 3.8) is 0 Å². The summed E-state index contributed by atoms with van der Waals surface area (Å²) in [6, 6.07) is 25.1. The lowest BCUT2D eigenvalue weighted by atomic mass is 10.1. The maximum Gasteiger partial charge on any atom is 0.343 e. The van der Waals surface area contributed by atoms with Crippen LogP contribution in [0.25, 0.3) is 10.8 Å². The van der Waals surface area contributed by atoms with Gasteiger partial charge in [-0.05, 0) is 77.9 Å². The minimum atomic E-state index is -0.739. The van der Waals surface area contributed by atoms with Gasteiger partial charge in [0, 0.05) is 0 Å². The van der Waals surface area contributed by atoms with Gasteiger partial charge >= 0.3 is 5.97 Å². The normalized spacial score (nSPS) is 11.6. The number of methoxy groups -OCH3 is 2. The van der Waals surface area contributed by atoms with Crippen molar-refractivity contribution in [2.45, 2.75) is 13.0 Å². The number of carbonyl (C=O) groups excluding carboxylic acids is 2. The summed E-state index contributed by atoms with van der Waals surface area (Å²) < 4.78 is 21.6. The van der Waals surface area contributed by atoms with Crippen molar-refractivity contribution >= 4 is 28.9 Å². The Labute approximate surface area is 214 Å². The van der Waals surface area contributed by atoms with Crippen LogP contribution in [-0.4, -0.2) is 38.4 Å². The van der Waals surface area contributed by atoms with E-state index in [4.69, 9.17) is 18.9 Å². The summed E-state index contributed by atoms with van der Waals surface area (Å²) in [4.78, 5) is 24.8. The molecule has 8 heteroatoms. The Morgan fingerprint density at radius 1 is 0.811 bits per heavy atom. The zero-order valence-electron chi connectivity index (χ0n) is 20.6. The standard InChI is InChI=1S/C29H26N2O6/c1-19(36-25-14-10-21-6-4-5-7-22(21)16-25)28(32)31-30-18-20-8-12-24(13-9-20)37-29(33)23-11-15-26(34-2)27(17-23)35-3/h4-19H,1-3H3,(H,31,32)/b30-18-/t19-/m0/s1. The Morgan fingerprint density at radius 3 is 2.24 bits per heavy atom. The molecule has 37 heavy (non-hydrogen) atoms. The van der Waals surface area contributed by atoms with Crippen LogP contribution in [0.1, 0.15) is 22.8 Å². The van der Waals surface area contributed by atoms with E-state index in [2.05, 4.69) is 10.5 Å². The Kier molecular flexibility index (Phi) is 8.00. The molecule has 0 saturated carbocycles. The van der Waals surface area contributed by atoms with Crippen LogP contribution in [-0.2, 0) is 4.79 Å². The van der Waals surface area contributed by atoms with E-state index in [0.29, 0.717) is 34.1 Å². The molecule has 0 aliphatic rings. The molecule has 4 rings (SSSR count). The third kappa shape index (κ3) is 6.43. The molecule has 1 atom stereocenters. The van der Waals surface area contributed by atoms with Gasteiger partial charge in [-0.3, -0.25) is 4.79 Å². The lowest BCUT2D eigenvalue weighted by Gasteiger charge is -2.13. The molecular formula is C29H26N2O6. The van der Waals surface area contributed by atoms with Gasteiger partial charge in [0.15, 0.2) is 17.6 Å². The molecule has 8 nitrogen and oxygen atoms in total. The Bertz CT molecular complexity index is 1430. The monoisotopic (exact) mass is 498 g/mol. The van der Waals surface area contributed by atoms with E-state index >= 15 is 0 Å². The van der Waals surface area contributed by atoms with Crippen molar-refractivity contribution in [1.29, 1.82) is 0 Å². The summed E-state index contributed by atoms with van der Waals surface area (Å²) in [6.45, 7) is 1.65. The quantitative estimate of drug-likeness (QED) is 0.151. The van der Waals surface area contributed by atoms with E-state index in [1.165, 1.54) is 20.4 Å². The number of hydrogen-bond donors (Lipinski definition) is 1. The summed E-state index contributed by atoms with van der Waals surface area (Å²) in [6.07, 6.45) is 0.748. The van der Waals surface area contributed by atoms with E-state index in [-0.39, 0.29) is 5.91 Å². The first-order valence-corrected chi connectivity index (χ1v) is 11.5. The second kappa shape index (κ2) is 11.7. The van der Waals surface area contributed by atoms with Gasteiger partial charge < -0.3 is 18.9 Å². The number of amides is 1. The minimum Gasteiger partial charge on any atom is -0.493 e. The van der Waals surface area contributed by atoms with Crippen LogP contribution in [0.4, 0.5) is 0 Å². The number of rotatable bonds is 9. The molecule has 0 aliphatic heterocycles. The molecule has 0 spiro atoms. The van der Waals surface area contributed by atoms with Crippen molar-refractivity contribution < 1.29 is 28.5 Å². The highest BCUT2D eigenvalue weighted by Gasteiger charge is 2.15. The van der Waals surface area contributed by atoms with E-state index in [0.717, 1.165) is 10.8 Å². The Hall–Kier alpha value is -4.85. The lowest BCUT2D eigenvalue weighted by molar-refractivity contribution is -0.127. The van der Waals surface area contributed by atoms with Gasteiger partial charge in [-0.2, -0.15) is 5.10 Å². The summed E-state index contributed by atoms with van der Waals surface area (Å²) >= 11 is 0. The van der Waals surface area contributed by atoms with Crippen molar-refractivity contribution in [3.8, 4) is 23.0 Å². The second-order valence-corrected chi connectivity index (χ2v) is 8.03. The number of benzene rings is 4. The fourth-order valence-electron chi connectivity index (χ4n) is 3.51. The first-order chi connectivity index (χ1) is 18.0. The summed E-state index contributed by atoms with van der Waals surface area (Å²) in [5.74, 6) is 0.994. The van der Waals surface area contributed by atoms with Gasteiger partial charge in [0.25, 0.3) is 5.91 Å². The van der Waals surface area contributed by atoms with E-state index < -0.39 is 12.1 Å². The number of carbonyl (C=O) groups is 2. The molecule has 4 aromatic rings. The largest absolute Gasteiger partial charge is 0.493 e. The van der Waals surface area contributed by atoms with Crippen LogP contribution in [0.15, 0.2) is 90.0 Å². The van der Waals surface area contributed by atoms with Crippen LogP contribution >= 0.6 is 0 Å². The van der Waals surface area contributed by atoms with Crippen LogP contribution < -0.4 is 24.4 Å². The number of nitrogens with one attached hydrogen (secondary N) is 1. The smallest absolute Gasteiger partial charge is 0.343 e. The van der Waals surface area contributed by atoms with Crippen molar-refractivity contribution in [2.75, 3.05) is 14.2 Å². The van der Waals surface area contributed by atoms with Crippen molar-refractivity contribution in [2.24, 2.45) is 5.10 Å². The zero-order valence-corrected chi connectivity index (χ0v) is 20.6. The number of hydrazone groups is 1. The molecule has 0 saturated heterocycles. The van der Waals surface area contributed by atoms with Crippen LogP contribution in [0.5, 0.6) is 23.0 Å². The third-order valence-corrected chi connectivity index (χ3v) is 5.50. The van der Waals surface area contributed by atoms with Gasteiger partial charge in [0.05, 0.1) is 26.0 Å². The maximum atomic E-state index is 12.5. The molecule has 1 N–H and O–H groups in total. The third-order valence-electron chi connectivity index (χ3n) is 5.50. The van der Waals surface area contributed by atoms with Gasteiger partial charge in [-0.25, -0.2) is 10.2 Å². The average Bonchev–Trinajstić information content (AvgIpc) is 2.93. The Morgan fingerprint density at radius 2 is 1.51 bits per heavy atom. The number of fused-ring (bicyclic) bond motifs is 1. The van der Waals surface area contributed by atoms with Gasteiger partial charge in [0.1, 0.15) is 11.5 Å². The minimum absolute atomic E-state index is 0.325. The van der Waals surface area contributed by atoms with Crippen LogP contribution in [0, 0.1) is 0 Å². The number of ether oxygens (including phenoxy) is 4. The number of nitrogens with zero attached hydrogens (tertiary/aromatic N) is 1. The fourth-order valence-corrected chi connectivity index (χ4v) is 3.51. The van der Waals surface area contributed by atoms with E-state index in [1.54, 1.807) is 49.4 Å². The van der Waals surface area contributed by atoms with Crippen molar-refractivity contribution in [3.05, 3.63) is 96.1 Å². The lowest BCUT2D eigenvalue weighted by Crippen LogP contribution is -2.33. The topological polar surface area (TPSA) is 95.5 Å². The number of esters is 1. The molecule has 188 valence electrons. The van der Waals surface area contributed by atoms with Gasteiger partial charge in [-0.15, -0.1) is 0 Å². The summed E-state index contributed by atoms with van der Waals surface area (Å²) in [7, 11) is 3.01. The predicted octanol–water partition coefficient (Wildman–Crippen LogP) is 4.99. The summed E-state index contributed by atoms with van der Waals surface area (Å²) in [5.41, 5.74) is 3.50. The molecule has 0 aliphatic carbocycles. The van der Waals surface area contributed by atoms with Crippen LogP contribution in [0.3, 0.4) is 0 Å². The first kappa shape index (κ1) is 25.2. The van der Waals surface area contributed by atoms with Gasteiger partial charge in [0.2, 0.25) is 0 Å². The molecule has 1 amide bonds. The van der Waals surface area contributed by atoms with Gasteiger partial charge in [-0.1, -0.05) is 30.3 Å². The second-order valence-electron chi connectivity index (χ2n) is 8.03. The highest BCUT2D eigenvalue weighted by Crippen LogP contribution is 2.28. The molecule has 0 radical (unpaired) electrons. The molecular weight excluding hydrogens is 472 g/mol. The highest BCUT2D eigenvalue weighted by atomic mass is 16.5. The first-order valence-electron chi connectivity index (χ1n) is 11.5.